The molecule has 2 atom stereocenters. The van der Waals surface area contributed by atoms with Crippen LogP contribution in [-0.4, -0.2) is 45.9 Å². The summed E-state index contributed by atoms with van der Waals surface area (Å²) >= 11 is 0. The van der Waals surface area contributed by atoms with Crippen LogP contribution < -0.4 is 11.1 Å². The van der Waals surface area contributed by atoms with E-state index in [-0.39, 0.29) is 6.42 Å². The second-order valence-corrected chi connectivity index (χ2v) is 6.80. The maximum absolute atomic E-state index is 11.3. The third-order valence-electron chi connectivity index (χ3n) is 2.43. The lowest BCUT2D eigenvalue weighted by Crippen LogP contribution is -2.43. The normalized spacial score (nSPS) is 12.7. The van der Waals surface area contributed by atoms with Crippen molar-refractivity contribution in [2.45, 2.75) is 65.1 Å². The summed E-state index contributed by atoms with van der Waals surface area (Å²) in [6.45, 7) is 15.7. The molecule has 0 aliphatic heterocycles. The first-order chi connectivity index (χ1) is 11.2. The van der Waals surface area contributed by atoms with Crippen molar-refractivity contribution in [1.29, 1.82) is 0 Å². The van der Waals surface area contributed by atoms with Crippen LogP contribution in [0.4, 0.5) is 4.79 Å². The standard InChI is InChI=1S/C11H19NO4.C6H11NO2/c1-7(2)6-8(9(13)14)12-10(15)16-11(3,4)5;1-4(2)3-5(7)6(8)9/h8H,1,6H2,2-5H3,(H,12,15)(H,13,14);5H,1,3,7H2,2H3,(H,8,9)/t8-;5-/m00/s1. The average Bonchev–Trinajstić information content (AvgIpc) is 2.34. The molecule has 0 aromatic heterocycles. The van der Waals surface area contributed by atoms with E-state index >= 15 is 0 Å². The lowest BCUT2D eigenvalue weighted by molar-refractivity contribution is -0.140. The zero-order valence-corrected chi connectivity index (χ0v) is 15.6. The highest BCUT2D eigenvalue weighted by Crippen LogP contribution is 2.08. The molecule has 5 N–H and O–H groups in total. The first-order valence-electron chi connectivity index (χ1n) is 7.65. The maximum Gasteiger partial charge on any atom is 0.408 e. The van der Waals surface area contributed by atoms with Gasteiger partial charge in [0, 0.05) is 0 Å². The maximum atomic E-state index is 11.3. The monoisotopic (exact) mass is 358 g/mol. The van der Waals surface area contributed by atoms with Crippen LogP contribution in [0, 0.1) is 0 Å². The van der Waals surface area contributed by atoms with Crippen LogP contribution in [0.2, 0.25) is 0 Å². The Bertz CT molecular complexity index is 508. The lowest BCUT2D eigenvalue weighted by Gasteiger charge is -2.22. The number of nitrogens with two attached hydrogens (primary N) is 1. The van der Waals surface area contributed by atoms with Gasteiger partial charge >= 0.3 is 18.0 Å². The molecule has 0 aromatic carbocycles. The van der Waals surface area contributed by atoms with Crippen LogP contribution in [0.25, 0.3) is 0 Å². The van der Waals surface area contributed by atoms with E-state index in [9.17, 15) is 14.4 Å². The number of hydrogen-bond donors (Lipinski definition) is 4. The van der Waals surface area contributed by atoms with Gasteiger partial charge in [-0.05, 0) is 47.5 Å². The summed E-state index contributed by atoms with van der Waals surface area (Å²) < 4.78 is 4.96. The number of amides is 1. The molecule has 0 rings (SSSR count). The molecule has 25 heavy (non-hydrogen) atoms. The third-order valence-corrected chi connectivity index (χ3v) is 2.43. The molecule has 8 heteroatoms. The quantitative estimate of drug-likeness (QED) is 0.512. The van der Waals surface area contributed by atoms with Gasteiger partial charge in [0.2, 0.25) is 0 Å². The predicted molar refractivity (Wildman–Crippen MR) is 95.3 cm³/mol. The molecule has 0 spiro atoms. The van der Waals surface area contributed by atoms with Crippen molar-refractivity contribution in [2.75, 3.05) is 0 Å². The fourth-order valence-electron chi connectivity index (χ4n) is 1.46. The molecular weight excluding hydrogens is 328 g/mol. The molecule has 8 nitrogen and oxygen atoms in total. The van der Waals surface area contributed by atoms with Crippen molar-refractivity contribution >= 4 is 18.0 Å². The Morgan fingerprint density at radius 2 is 1.48 bits per heavy atom. The average molecular weight is 358 g/mol. The zero-order valence-electron chi connectivity index (χ0n) is 15.6. The van der Waals surface area contributed by atoms with E-state index in [0.717, 1.165) is 5.57 Å². The SMILES string of the molecule is C=C(C)C[C@H](N)C(=O)O.C=C(C)C[C@H](NC(=O)OC(C)(C)C)C(=O)O. The van der Waals surface area contributed by atoms with E-state index in [4.69, 9.17) is 20.7 Å². The van der Waals surface area contributed by atoms with E-state index in [1.54, 1.807) is 34.6 Å². The highest BCUT2D eigenvalue weighted by Gasteiger charge is 2.23. The van der Waals surface area contributed by atoms with Gasteiger partial charge in [0.05, 0.1) is 0 Å². The van der Waals surface area contributed by atoms with Crippen LogP contribution in [-0.2, 0) is 14.3 Å². The first kappa shape index (κ1) is 24.9. The molecule has 0 aliphatic carbocycles. The molecule has 0 aliphatic rings. The van der Waals surface area contributed by atoms with E-state index in [0.29, 0.717) is 12.0 Å². The van der Waals surface area contributed by atoms with Gasteiger partial charge in [0.1, 0.15) is 17.7 Å². The van der Waals surface area contributed by atoms with E-state index < -0.39 is 35.7 Å². The number of nitrogens with one attached hydrogen (secondary N) is 1. The molecule has 144 valence electrons. The summed E-state index contributed by atoms with van der Waals surface area (Å²) in [5.41, 5.74) is 5.99. The lowest BCUT2D eigenvalue weighted by atomic mass is 10.1. The fourth-order valence-corrected chi connectivity index (χ4v) is 1.46. The number of carbonyl (C=O) groups excluding carboxylic acids is 1. The van der Waals surface area contributed by atoms with Crippen LogP contribution >= 0.6 is 0 Å². The molecule has 0 saturated heterocycles. The van der Waals surface area contributed by atoms with Gasteiger partial charge in [-0.1, -0.05) is 11.1 Å². The number of carboxylic acid groups (broad SMARTS) is 2. The summed E-state index contributed by atoms with van der Waals surface area (Å²) in [4.78, 5) is 32.2. The molecule has 0 radical (unpaired) electrons. The first-order valence-corrected chi connectivity index (χ1v) is 7.65. The van der Waals surface area contributed by atoms with Gasteiger partial charge in [-0.25, -0.2) is 9.59 Å². The molecular formula is C17H30N2O6. The minimum absolute atomic E-state index is 0.189. The van der Waals surface area contributed by atoms with Gasteiger partial charge in [-0.3, -0.25) is 4.79 Å². The smallest absolute Gasteiger partial charge is 0.408 e. The molecule has 0 saturated carbocycles. The highest BCUT2D eigenvalue weighted by atomic mass is 16.6. The molecule has 0 heterocycles. The van der Waals surface area contributed by atoms with Crippen molar-refractivity contribution in [2.24, 2.45) is 5.73 Å². The number of rotatable bonds is 7. The van der Waals surface area contributed by atoms with Crippen molar-refractivity contribution < 1.29 is 29.3 Å². The summed E-state index contributed by atoms with van der Waals surface area (Å²) in [5, 5.41) is 19.4. The van der Waals surface area contributed by atoms with Crippen molar-refractivity contribution in [1.82, 2.24) is 5.32 Å². The third kappa shape index (κ3) is 16.3. The van der Waals surface area contributed by atoms with Gasteiger partial charge in [0.15, 0.2) is 0 Å². The molecule has 0 fully saturated rings. The Hall–Kier alpha value is -2.35. The molecule has 0 aromatic rings. The number of alkyl carbamates (subject to hydrolysis) is 1. The Morgan fingerprint density at radius 1 is 1.04 bits per heavy atom. The topological polar surface area (TPSA) is 139 Å². The minimum Gasteiger partial charge on any atom is -0.480 e. The second kappa shape index (κ2) is 11.2. The zero-order chi connectivity index (χ0) is 20.4. The molecule has 0 bridgehead atoms. The predicted octanol–water partition coefficient (Wildman–Crippen LogP) is 2.29. The molecule has 0 unspecified atom stereocenters. The molecule has 1 amide bonds. The van der Waals surface area contributed by atoms with Crippen LogP contribution in [0.1, 0.15) is 47.5 Å². The minimum atomic E-state index is -1.10. The number of carboxylic acids is 2. The Labute approximate surface area is 148 Å². The van der Waals surface area contributed by atoms with Crippen molar-refractivity contribution in [3.05, 3.63) is 24.3 Å². The largest absolute Gasteiger partial charge is 0.480 e. The van der Waals surface area contributed by atoms with Gasteiger partial charge in [0.25, 0.3) is 0 Å². The van der Waals surface area contributed by atoms with Crippen LogP contribution in [0.5, 0.6) is 0 Å². The van der Waals surface area contributed by atoms with Crippen molar-refractivity contribution in [3.63, 3.8) is 0 Å². The highest BCUT2D eigenvalue weighted by molar-refractivity contribution is 5.80. The van der Waals surface area contributed by atoms with E-state index in [2.05, 4.69) is 18.5 Å². The summed E-state index contributed by atoms with van der Waals surface area (Å²) in [7, 11) is 0. The number of hydrogen-bond acceptors (Lipinski definition) is 5. The van der Waals surface area contributed by atoms with Crippen LogP contribution in [0.3, 0.4) is 0 Å². The Morgan fingerprint density at radius 3 is 1.72 bits per heavy atom. The summed E-state index contributed by atoms with van der Waals surface area (Å²) in [6, 6.07) is -1.78. The Balaban J connectivity index is 0. The van der Waals surface area contributed by atoms with Gasteiger partial charge < -0.3 is 26.0 Å². The Kier molecular flexibility index (Phi) is 11.2. The fraction of sp³-hybridized carbons (Fsp3) is 0.588. The van der Waals surface area contributed by atoms with Gasteiger partial charge in [-0.2, -0.15) is 0 Å². The number of carbonyl (C=O) groups is 3. The second-order valence-electron chi connectivity index (χ2n) is 6.80. The number of ether oxygens (including phenoxy) is 1. The summed E-state index contributed by atoms with van der Waals surface area (Å²) in [5.74, 6) is -2.08. The number of aliphatic carboxylic acids is 2. The van der Waals surface area contributed by atoms with Gasteiger partial charge in [-0.15, -0.1) is 13.2 Å². The van der Waals surface area contributed by atoms with E-state index in [1.165, 1.54) is 0 Å². The van der Waals surface area contributed by atoms with Crippen molar-refractivity contribution in [3.8, 4) is 0 Å². The summed E-state index contributed by atoms with van der Waals surface area (Å²) in [6.07, 6.45) is -0.190. The van der Waals surface area contributed by atoms with Crippen LogP contribution in [0.15, 0.2) is 24.3 Å². The van der Waals surface area contributed by atoms with E-state index in [1.807, 2.05) is 0 Å².